The van der Waals surface area contributed by atoms with E-state index in [2.05, 4.69) is 10.6 Å². The van der Waals surface area contributed by atoms with E-state index in [0.717, 1.165) is 0 Å². The topological polar surface area (TPSA) is 238 Å². The zero-order valence-corrected chi connectivity index (χ0v) is 27.4. The molecule has 0 aromatic heterocycles. The zero-order valence-electron chi connectivity index (χ0n) is 27.4. The first-order valence-electron chi connectivity index (χ1n) is 15.9. The summed E-state index contributed by atoms with van der Waals surface area (Å²) in [5.41, 5.74) is -4.05. The number of aromatic hydroxyl groups is 2. The molecule has 2 aromatic rings. The molecule has 0 saturated carbocycles. The third-order valence-corrected chi connectivity index (χ3v) is 9.14. The number of fused-ring (bicyclic) bond motifs is 3. The van der Waals surface area contributed by atoms with Crippen LogP contribution in [0.3, 0.4) is 0 Å². The zero-order chi connectivity index (χ0) is 35.9. The molecule has 7 N–H and O–H groups in total. The SMILES string of the molecule is COc1cccc2c1C(=O)c1c(O)c3c(c(O)c1C2=O)C[C@@](O)(C(=O)CO)C[C@@H]3OC1C[C@H](NC(=O)CCC(=O)NC(C)C)[C@H](O)[C@H](C)O1. The lowest BCUT2D eigenvalue weighted by atomic mass is 9.72. The Bertz CT molecular complexity index is 1710. The van der Waals surface area contributed by atoms with E-state index in [9.17, 15) is 49.5 Å². The van der Waals surface area contributed by atoms with Crippen LogP contribution in [0.4, 0.5) is 0 Å². The Morgan fingerprint density at radius 1 is 1.04 bits per heavy atom. The number of phenolic OH excluding ortho intramolecular Hbond substituents is 2. The highest BCUT2D eigenvalue weighted by atomic mass is 16.7. The van der Waals surface area contributed by atoms with Crippen LogP contribution in [-0.2, 0) is 30.3 Å². The lowest BCUT2D eigenvalue weighted by Crippen LogP contribution is -2.56. The first-order valence-corrected chi connectivity index (χ1v) is 15.9. The Labute approximate surface area is 281 Å². The predicted octanol–water partition coefficient (Wildman–Crippen LogP) is 0.464. The minimum Gasteiger partial charge on any atom is -0.507 e. The Balaban J connectivity index is 1.50. The summed E-state index contributed by atoms with van der Waals surface area (Å²) in [5, 5.41) is 60.5. The van der Waals surface area contributed by atoms with Crippen LogP contribution in [0.25, 0.3) is 0 Å². The fourth-order valence-corrected chi connectivity index (χ4v) is 6.76. The highest BCUT2D eigenvalue weighted by Gasteiger charge is 2.50. The molecule has 2 aromatic carbocycles. The minimum absolute atomic E-state index is 0.0608. The van der Waals surface area contributed by atoms with Crippen molar-refractivity contribution in [1.82, 2.24) is 10.6 Å². The van der Waals surface area contributed by atoms with Crippen LogP contribution in [0.1, 0.15) is 95.5 Å². The van der Waals surface area contributed by atoms with Gasteiger partial charge in [0.2, 0.25) is 17.6 Å². The molecule has 2 amide bonds. The number of ether oxygens (including phenoxy) is 3. The van der Waals surface area contributed by atoms with E-state index in [0.29, 0.717) is 0 Å². The van der Waals surface area contributed by atoms with Crippen LogP contribution < -0.4 is 15.4 Å². The van der Waals surface area contributed by atoms with E-state index in [1.807, 2.05) is 0 Å². The Kier molecular flexibility index (Phi) is 10.1. The first kappa shape index (κ1) is 35.9. The predicted molar refractivity (Wildman–Crippen MR) is 168 cm³/mol. The standard InChI is InChI=1S/C34H40N2O13/c1-14(2)35-22(39)8-9-23(40)36-18-10-24(48-15(3)29(18)41)49-20-12-34(46,21(38)13-37)11-17-26(20)33(45)28-27(31(17)43)30(42)16-6-5-7-19(47-4)25(16)32(28)44/h5-7,14-15,18,20,24,29,37,41,43,45-46H,8-13H2,1-4H3,(H,35,39)(H,36,40)/t15-,18-,20-,24?,29+,34-/m0/s1. The van der Waals surface area contributed by atoms with Gasteiger partial charge in [0.25, 0.3) is 0 Å². The molecule has 0 bridgehead atoms. The van der Waals surface area contributed by atoms with Crippen molar-refractivity contribution in [3.63, 3.8) is 0 Å². The van der Waals surface area contributed by atoms with Crippen LogP contribution in [0.2, 0.25) is 0 Å². The quantitative estimate of drug-likeness (QED) is 0.144. The lowest BCUT2D eigenvalue weighted by Gasteiger charge is -2.43. The molecule has 1 fully saturated rings. The molecule has 0 radical (unpaired) electrons. The van der Waals surface area contributed by atoms with Crippen molar-refractivity contribution in [2.24, 2.45) is 0 Å². The van der Waals surface area contributed by atoms with Gasteiger partial charge in [-0.15, -0.1) is 0 Å². The van der Waals surface area contributed by atoms with E-state index in [4.69, 9.17) is 14.2 Å². The van der Waals surface area contributed by atoms with Crippen molar-refractivity contribution < 1.29 is 63.7 Å². The van der Waals surface area contributed by atoms with E-state index in [1.165, 1.54) is 32.2 Å². The Morgan fingerprint density at radius 2 is 1.71 bits per heavy atom. The number of methoxy groups -OCH3 is 1. The third-order valence-electron chi connectivity index (χ3n) is 9.14. The van der Waals surface area contributed by atoms with Crippen LogP contribution in [0.15, 0.2) is 18.2 Å². The maximum absolute atomic E-state index is 13.8. The largest absolute Gasteiger partial charge is 0.507 e. The Hall–Kier alpha value is -4.41. The summed E-state index contributed by atoms with van der Waals surface area (Å²) in [6, 6.07) is 3.27. The molecule has 2 aliphatic carbocycles. The molecule has 3 aliphatic rings. The smallest absolute Gasteiger partial charge is 0.220 e. The summed E-state index contributed by atoms with van der Waals surface area (Å²) in [6.07, 6.45) is -6.41. The number of nitrogens with one attached hydrogen (secondary N) is 2. The molecular formula is C34H40N2O13. The summed E-state index contributed by atoms with van der Waals surface area (Å²) >= 11 is 0. The number of phenols is 2. The molecule has 0 spiro atoms. The summed E-state index contributed by atoms with van der Waals surface area (Å²) < 4.78 is 17.3. The normalized spacial score (nSPS) is 26.0. The number of hydrogen-bond acceptors (Lipinski definition) is 13. The molecule has 1 aliphatic heterocycles. The van der Waals surface area contributed by atoms with Crippen LogP contribution >= 0.6 is 0 Å². The van der Waals surface area contributed by atoms with Gasteiger partial charge in [-0.1, -0.05) is 12.1 Å². The molecule has 5 rings (SSSR count). The number of carbonyl (C=O) groups excluding carboxylic acids is 5. The first-order chi connectivity index (χ1) is 23.1. The number of hydrogen-bond donors (Lipinski definition) is 7. The molecule has 264 valence electrons. The third kappa shape index (κ3) is 6.64. The van der Waals surface area contributed by atoms with Gasteiger partial charge in [-0.25, -0.2) is 0 Å². The number of rotatable bonds is 10. The van der Waals surface area contributed by atoms with Gasteiger partial charge in [0.1, 0.15) is 35.6 Å². The Morgan fingerprint density at radius 3 is 2.37 bits per heavy atom. The van der Waals surface area contributed by atoms with Crippen molar-refractivity contribution in [3.05, 3.63) is 51.6 Å². The number of amides is 2. The summed E-state index contributed by atoms with van der Waals surface area (Å²) in [5.74, 6) is -4.92. The van der Waals surface area contributed by atoms with E-state index in [1.54, 1.807) is 13.8 Å². The second kappa shape index (κ2) is 13.8. The van der Waals surface area contributed by atoms with Crippen molar-refractivity contribution in [2.45, 2.75) is 95.2 Å². The van der Waals surface area contributed by atoms with Crippen molar-refractivity contribution in [1.29, 1.82) is 0 Å². The van der Waals surface area contributed by atoms with Crippen LogP contribution in [0.5, 0.6) is 17.2 Å². The van der Waals surface area contributed by atoms with Crippen LogP contribution in [0, 0.1) is 0 Å². The molecule has 1 unspecified atom stereocenters. The van der Waals surface area contributed by atoms with Gasteiger partial charge in [0.15, 0.2) is 17.9 Å². The molecule has 49 heavy (non-hydrogen) atoms. The molecule has 15 nitrogen and oxygen atoms in total. The van der Waals surface area contributed by atoms with E-state index < -0.39 is 102 Å². The maximum Gasteiger partial charge on any atom is 0.220 e. The molecule has 1 saturated heterocycles. The maximum atomic E-state index is 13.8. The van der Waals surface area contributed by atoms with Gasteiger partial charge in [0.05, 0.1) is 42.0 Å². The summed E-state index contributed by atoms with van der Waals surface area (Å²) in [6.45, 7) is 4.01. The van der Waals surface area contributed by atoms with Gasteiger partial charge in [-0.05, 0) is 26.8 Å². The molecule has 15 heteroatoms. The highest BCUT2D eigenvalue weighted by molar-refractivity contribution is 6.31. The van der Waals surface area contributed by atoms with Crippen LogP contribution in [-0.4, -0.2) is 105 Å². The number of Topliss-reactive ketones (excluding diaryl/α,β-unsaturated/α-hetero) is 1. The minimum atomic E-state index is -2.34. The second-order valence-electron chi connectivity index (χ2n) is 12.9. The second-order valence-corrected chi connectivity index (χ2v) is 12.9. The lowest BCUT2D eigenvalue weighted by molar-refractivity contribution is -0.249. The fourth-order valence-electron chi connectivity index (χ4n) is 6.76. The number of aliphatic hydroxyl groups excluding tert-OH is 2. The highest BCUT2D eigenvalue weighted by Crippen LogP contribution is 2.52. The van der Waals surface area contributed by atoms with Crippen molar-refractivity contribution in [2.75, 3.05) is 13.7 Å². The molecular weight excluding hydrogens is 644 g/mol. The van der Waals surface area contributed by atoms with Gasteiger partial charge in [-0.3, -0.25) is 24.0 Å². The summed E-state index contributed by atoms with van der Waals surface area (Å²) in [7, 11) is 1.30. The van der Waals surface area contributed by atoms with Crippen molar-refractivity contribution >= 4 is 29.2 Å². The molecule has 6 atom stereocenters. The van der Waals surface area contributed by atoms with Gasteiger partial charge >= 0.3 is 0 Å². The number of benzene rings is 2. The fraction of sp³-hybridized carbons (Fsp3) is 0.500. The average molecular weight is 685 g/mol. The average Bonchev–Trinajstić information content (AvgIpc) is 3.05. The number of carbonyl (C=O) groups is 5. The monoisotopic (exact) mass is 684 g/mol. The van der Waals surface area contributed by atoms with Crippen molar-refractivity contribution in [3.8, 4) is 17.2 Å². The number of ketones is 3. The van der Waals surface area contributed by atoms with Gasteiger partial charge < -0.3 is 50.4 Å². The summed E-state index contributed by atoms with van der Waals surface area (Å²) in [4.78, 5) is 65.1. The number of aliphatic hydroxyl groups is 3. The molecule has 1 heterocycles. The van der Waals surface area contributed by atoms with Gasteiger partial charge in [-0.2, -0.15) is 0 Å². The van der Waals surface area contributed by atoms with E-state index in [-0.39, 0.29) is 59.2 Å². The van der Waals surface area contributed by atoms with Gasteiger partial charge in [0, 0.05) is 54.8 Å². The van der Waals surface area contributed by atoms with E-state index >= 15 is 0 Å².